The average Bonchev–Trinajstić information content (AvgIpc) is 3.00. The third-order valence-corrected chi connectivity index (χ3v) is 5.14. The van der Waals surface area contributed by atoms with Crippen LogP contribution in [0.3, 0.4) is 0 Å². The van der Waals surface area contributed by atoms with Crippen molar-refractivity contribution in [2.24, 2.45) is 0 Å². The summed E-state index contributed by atoms with van der Waals surface area (Å²) < 4.78 is 5.81. The van der Waals surface area contributed by atoms with E-state index in [1.165, 1.54) is 4.90 Å². The lowest BCUT2D eigenvalue weighted by Gasteiger charge is -2.33. The van der Waals surface area contributed by atoms with Crippen LogP contribution in [0.25, 0.3) is 0 Å². The summed E-state index contributed by atoms with van der Waals surface area (Å²) in [5, 5.41) is 9.20. The predicted molar refractivity (Wildman–Crippen MR) is 103 cm³/mol. The van der Waals surface area contributed by atoms with Gasteiger partial charge in [0.05, 0.1) is 11.6 Å². The van der Waals surface area contributed by atoms with Crippen molar-refractivity contribution in [2.75, 3.05) is 38.1 Å². The molecular weight excluding hydrogens is 356 g/mol. The van der Waals surface area contributed by atoms with Crippen LogP contribution >= 0.6 is 0 Å². The summed E-state index contributed by atoms with van der Waals surface area (Å²) in [5.74, 6) is -0.248. The Labute approximate surface area is 163 Å². The van der Waals surface area contributed by atoms with Crippen molar-refractivity contribution >= 4 is 17.7 Å². The molecule has 4 rings (SSSR count). The second-order valence-electron chi connectivity index (χ2n) is 6.95. The first-order valence-corrected chi connectivity index (χ1v) is 9.15. The molecule has 0 saturated carbocycles. The van der Waals surface area contributed by atoms with Crippen LogP contribution in [0.15, 0.2) is 48.5 Å². The number of rotatable bonds is 2. The van der Waals surface area contributed by atoms with Crippen LogP contribution in [0.2, 0.25) is 0 Å². The van der Waals surface area contributed by atoms with Crippen LogP contribution in [-0.4, -0.2) is 55.0 Å². The summed E-state index contributed by atoms with van der Waals surface area (Å²) in [6.07, 6.45) is -1.30. The maximum absolute atomic E-state index is 13.0. The summed E-state index contributed by atoms with van der Waals surface area (Å²) in [5.41, 5.74) is 2.11. The van der Waals surface area contributed by atoms with Gasteiger partial charge in [-0.1, -0.05) is 24.3 Å². The van der Waals surface area contributed by atoms with Crippen LogP contribution in [0.5, 0.6) is 0 Å². The van der Waals surface area contributed by atoms with E-state index >= 15 is 0 Å². The zero-order valence-corrected chi connectivity index (χ0v) is 15.5. The summed E-state index contributed by atoms with van der Waals surface area (Å²) in [6.45, 7) is 2.73. The average molecular weight is 376 g/mol. The summed E-state index contributed by atoms with van der Waals surface area (Å²) in [4.78, 5) is 31.1. The van der Waals surface area contributed by atoms with Gasteiger partial charge in [-0.05, 0) is 31.3 Å². The normalized spacial score (nSPS) is 19.3. The second kappa shape index (κ2) is 7.33. The number of carbonyl (C=O) groups is 2. The Bertz CT molecular complexity index is 960. The Balaban J connectivity index is 1.66. The fourth-order valence-electron chi connectivity index (χ4n) is 3.54. The van der Waals surface area contributed by atoms with Crippen molar-refractivity contribution < 1.29 is 14.3 Å². The van der Waals surface area contributed by atoms with E-state index in [0.29, 0.717) is 35.5 Å². The number of fused-ring (bicyclic) bond motifs is 1. The molecule has 0 bridgehead atoms. The first kappa shape index (κ1) is 18.0. The molecule has 0 spiro atoms. The van der Waals surface area contributed by atoms with E-state index in [9.17, 15) is 14.9 Å². The van der Waals surface area contributed by atoms with Gasteiger partial charge in [0, 0.05) is 43.0 Å². The number of hydrogen-bond acceptors (Lipinski definition) is 5. The van der Waals surface area contributed by atoms with Gasteiger partial charge in [-0.3, -0.25) is 9.69 Å². The molecule has 0 aliphatic carbocycles. The predicted octanol–water partition coefficient (Wildman–Crippen LogP) is 2.60. The van der Waals surface area contributed by atoms with E-state index in [-0.39, 0.29) is 5.91 Å². The number of amides is 2. The van der Waals surface area contributed by atoms with Crippen LogP contribution in [0.4, 0.5) is 10.5 Å². The van der Waals surface area contributed by atoms with Crippen LogP contribution in [0, 0.1) is 11.3 Å². The molecule has 1 saturated heterocycles. The van der Waals surface area contributed by atoms with E-state index in [2.05, 4.69) is 11.0 Å². The molecule has 0 aromatic heterocycles. The van der Waals surface area contributed by atoms with Gasteiger partial charge in [0.15, 0.2) is 0 Å². The summed E-state index contributed by atoms with van der Waals surface area (Å²) in [6, 6.07) is 15.9. The molecule has 2 aromatic carbocycles. The lowest BCUT2D eigenvalue weighted by molar-refractivity contribution is 0.0491. The number of ether oxygens (including phenoxy) is 1. The molecule has 2 heterocycles. The van der Waals surface area contributed by atoms with E-state index in [0.717, 1.165) is 13.1 Å². The number of nitriles is 1. The molecule has 2 aliphatic rings. The number of carbonyl (C=O) groups excluding carboxylic acids is 2. The fourth-order valence-corrected chi connectivity index (χ4v) is 3.54. The van der Waals surface area contributed by atoms with Gasteiger partial charge in [0.2, 0.25) is 6.23 Å². The quantitative estimate of drug-likeness (QED) is 0.805. The third-order valence-electron chi connectivity index (χ3n) is 5.14. The topological polar surface area (TPSA) is 76.9 Å². The first-order chi connectivity index (χ1) is 13.6. The molecule has 1 unspecified atom stereocenters. The van der Waals surface area contributed by atoms with Crippen molar-refractivity contribution in [3.63, 3.8) is 0 Å². The molecule has 142 valence electrons. The Hall–Kier alpha value is -3.37. The van der Waals surface area contributed by atoms with Gasteiger partial charge in [0.1, 0.15) is 0 Å². The zero-order chi connectivity index (χ0) is 19.7. The largest absolute Gasteiger partial charge is 0.420 e. The van der Waals surface area contributed by atoms with Gasteiger partial charge in [-0.25, -0.2) is 4.79 Å². The third kappa shape index (κ3) is 3.19. The van der Waals surface area contributed by atoms with E-state index in [4.69, 9.17) is 4.74 Å². The number of likely N-dealkylation sites (N-methyl/N-ethyl adjacent to an activating group) is 1. The lowest BCUT2D eigenvalue weighted by atomic mass is 10.1. The van der Waals surface area contributed by atoms with E-state index in [1.807, 2.05) is 13.1 Å². The van der Waals surface area contributed by atoms with E-state index in [1.54, 1.807) is 47.4 Å². The molecule has 0 radical (unpaired) electrons. The maximum Gasteiger partial charge on any atom is 0.412 e. The minimum absolute atomic E-state index is 0.248. The van der Waals surface area contributed by atoms with Crippen LogP contribution in [0.1, 0.15) is 27.7 Å². The van der Waals surface area contributed by atoms with Crippen molar-refractivity contribution in [3.8, 4) is 6.07 Å². The molecule has 28 heavy (non-hydrogen) atoms. The Morgan fingerprint density at radius 3 is 2.61 bits per heavy atom. The van der Waals surface area contributed by atoms with Crippen LogP contribution < -0.4 is 4.90 Å². The van der Waals surface area contributed by atoms with Gasteiger partial charge in [-0.15, -0.1) is 0 Å². The van der Waals surface area contributed by atoms with Crippen molar-refractivity contribution in [3.05, 3.63) is 65.2 Å². The van der Waals surface area contributed by atoms with Crippen molar-refractivity contribution in [1.82, 2.24) is 9.80 Å². The second-order valence-corrected chi connectivity index (χ2v) is 6.95. The summed E-state index contributed by atoms with van der Waals surface area (Å²) in [7, 11) is 2.01. The van der Waals surface area contributed by atoms with Gasteiger partial charge in [-0.2, -0.15) is 5.26 Å². The molecule has 7 nitrogen and oxygen atoms in total. The number of hydrogen-bond donors (Lipinski definition) is 0. The maximum atomic E-state index is 13.0. The molecule has 0 N–H and O–H groups in total. The Kier molecular flexibility index (Phi) is 4.72. The number of nitrogens with zero attached hydrogens (tertiary/aromatic N) is 4. The lowest BCUT2D eigenvalue weighted by Crippen LogP contribution is -2.48. The van der Waals surface area contributed by atoms with Crippen molar-refractivity contribution in [2.45, 2.75) is 6.23 Å². The highest BCUT2D eigenvalue weighted by Crippen LogP contribution is 2.38. The van der Waals surface area contributed by atoms with Crippen LogP contribution in [-0.2, 0) is 4.74 Å². The standard InChI is InChI=1S/C21H20N4O3/c1-23-9-11-24(12-10-23)21(27)28-20-18-8-3-2-7-17(18)19(26)25(20)16-6-4-5-15(13-16)14-22/h2-8,13,20H,9-12H2,1H3. The Morgan fingerprint density at radius 1 is 1.11 bits per heavy atom. The molecule has 2 amide bonds. The molecule has 7 heteroatoms. The zero-order valence-electron chi connectivity index (χ0n) is 15.5. The SMILES string of the molecule is CN1CCN(C(=O)OC2c3ccccc3C(=O)N2c2cccc(C#N)c2)CC1. The van der Waals surface area contributed by atoms with E-state index < -0.39 is 12.3 Å². The Morgan fingerprint density at radius 2 is 1.86 bits per heavy atom. The molecule has 1 atom stereocenters. The summed E-state index contributed by atoms with van der Waals surface area (Å²) >= 11 is 0. The molecule has 2 aliphatic heterocycles. The highest BCUT2D eigenvalue weighted by molar-refractivity contribution is 6.11. The monoisotopic (exact) mass is 376 g/mol. The van der Waals surface area contributed by atoms with Gasteiger partial charge >= 0.3 is 6.09 Å². The van der Waals surface area contributed by atoms with Gasteiger partial charge < -0.3 is 14.5 Å². The first-order valence-electron chi connectivity index (χ1n) is 9.15. The highest BCUT2D eigenvalue weighted by Gasteiger charge is 2.41. The number of piperazine rings is 1. The molecule has 1 fully saturated rings. The highest BCUT2D eigenvalue weighted by atomic mass is 16.6. The van der Waals surface area contributed by atoms with Gasteiger partial charge in [0.25, 0.3) is 5.91 Å². The number of anilines is 1. The minimum atomic E-state index is -0.857. The fraction of sp³-hybridized carbons (Fsp3) is 0.286. The minimum Gasteiger partial charge on any atom is -0.420 e. The smallest absolute Gasteiger partial charge is 0.412 e. The number of benzene rings is 2. The molecular formula is C21H20N4O3. The van der Waals surface area contributed by atoms with Crippen molar-refractivity contribution in [1.29, 1.82) is 5.26 Å². The molecule has 2 aromatic rings.